The molecule has 0 aromatic heterocycles. The van der Waals surface area contributed by atoms with E-state index in [0.29, 0.717) is 5.56 Å². The fraction of sp³-hybridized carbons (Fsp3) is 0.222. The third-order valence-electron chi connectivity index (χ3n) is 1.57. The summed E-state index contributed by atoms with van der Waals surface area (Å²) >= 11 is 8.65. The summed E-state index contributed by atoms with van der Waals surface area (Å²) in [5.41, 5.74) is 0.413. The SMILES string of the molecule is CC(Br)C(=O)c1ccc(F)c(Cl)c1. The van der Waals surface area contributed by atoms with Crippen LogP contribution in [-0.4, -0.2) is 10.6 Å². The van der Waals surface area contributed by atoms with Crippen LogP contribution in [0.4, 0.5) is 4.39 Å². The van der Waals surface area contributed by atoms with Gasteiger partial charge in [-0.25, -0.2) is 4.39 Å². The van der Waals surface area contributed by atoms with E-state index >= 15 is 0 Å². The van der Waals surface area contributed by atoms with Crippen LogP contribution in [0.3, 0.4) is 0 Å². The van der Waals surface area contributed by atoms with Crippen molar-refractivity contribution in [2.24, 2.45) is 0 Å². The molecule has 0 spiro atoms. The van der Waals surface area contributed by atoms with E-state index in [1.807, 2.05) is 0 Å². The van der Waals surface area contributed by atoms with Gasteiger partial charge >= 0.3 is 0 Å². The highest BCUT2D eigenvalue weighted by Crippen LogP contribution is 2.18. The van der Waals surface area contributed by atoms with E-state index in [-0.39, 0.29) is 15.6 Å². The molecule has 0 heterocycles. The monoisotopic (exact) mass is 264 g/mol. The summed E-state index contributed by atoms with van der Waals surface area (Å²) in [6, 6.07) is 3.93. The Morgan fingerprint density at radius 3 is 2.69 bits per heavy atom. The van der Waals surface area contributed by atoms with Gasteiger partial charge in [0.25, 0.3) is 0 Å². The number of halogens is 3. The molecule has 1 atom stereocenters. The molecule has 0 radical (unpaired) electrons. The molecule has 4 heteroatoms. The van der Waals surface area contributed by atoms with Crippen molar-refractivity contribution < 1.29 is 9.18 Å². The molecule has 1 aromatic carbocycles. The van der Waals surface area contributed by atoms with Crippen molar-refractivity contribution in [3.05, 3.63) is 34.6 Å². The minimum Gasteiger partial charge on any atom is -0.293 e. The van der Waals surface area contributed by atoms with Crippen LogP contribution in [0.2, 0.25) is 5.02 Å². The number of hydrogen-bond donors (Lipinski definition) is 0. The van der Waals surface area contributed by atoms with E-state index in [1.54, 1.807) is 6.92 Å². The largest absolute Gasteiger partial charge is 0.293 e. The summed E-state index contributed by atoms with van der Waals surface area (Å²) in [5, 5.41) is -0.0287. The maximum Gasteiger partial charge on any atom is 0.176 e. The zero-order valence-corrected chi connectivity index (χ0v) is 9.19. The van der Waals surface area contributed by atoms with E-state index in [4.69, 9.17) is 11.6 Å². The number of hydrogen-bond acceptors (Lipinski definition) is 1. The quantitative estimate of drug-likeness (QED) is 0.591. The molecule has 70 valence electrons. The van der Waals surface area contributed by atoms with Crippen molar-refractivity contribution in [3.63, 3.8) is 0 Å². The highest BCUT2D eigenvalue weighted by atomic mass is 79.9. The smallest absolute Gasteiger partial charge is 0.176 e. The Morgan fingerprint density at radius 2 is 2.23 bits per heavy atom. The molecular weight excluding hydrogens is 258 g/mol. The van der Waals surface area contributed by atoms with Crippen LogP contribution in [0.15, 0.2) is 18.2 Å². The highest BCUT2D eigenvalue weighted by molar-refractivity contribution is 9.10. The number of alkyl halides is 1. The topological polar surface area (TPSA) is 17.1 Å². The minimum atomic E-state index is -0.513. The van der Waals surface area contributed by atoms with Crippen LogP contribution in [0.1, 0.15) is 17.3 Å². The van der Waals surface area contributed by atoms with Crippen LogP contribution >= 0.6 is 27.5 Å². The van der Waals surface area contributed by atoms with Crippen molar-refractivity contribution >= 4 is 33.3 Å². The first kappa shape index (κ1) is 10.7. The van der Waals surface area contributed by atoms with Crippen LogP contribution in [0.5, 0.6) is 0 Å². The molecule has 1 rings (SSSR count). The summed E-state index contributed by atoms with van der Waals surface area (Å²) in [7, 11) is 0. The van der Waals surface area contributed by atoms with E-state index in [9.17, 15) is 9.18 Å². The number of carbonyl (C=O) groups excluding carboxylic acids is 1. The summed E-state index contributed by atoms with van der Waals surface area (Å²) in [6.45, 7) is 1.71. The Morgan fingerprint density at radius 1 is 1.62 bits per heavy atom. The van der Waals surface area contributed by atoms with E-state index in [0.717, 1.165) is 0 Å². The van der Waals surface area contributed by atoms with Gasteiger partial charge in [-0.3, -0.25) is 4.79 Å². The van der Waals surface area contributed by atoms with Crippen LogP contribution in [0.25, 0.3) is 0 Å². The summed E-state index contributed by atoms with van der Waals surface area (Å²) in [5.74, 6) is -0.623. The Kier molecular flexibility index (Phi) is 3.45. The molecule has 13 heavy (non-hydrogen) atoms. The molecule has 0 saturated carbocycles. The second-order valence-electron chi connectivity index (χ2n) is 2.61. The molecule has 0 amide bonds. The van der Waals surface area contributed by atoms with Crippen LogP contribution < -0.4 is 0 Å². The zero-order valence-electron chi connectivity index (χ0n) is 6.85. The number of carbonyl (C=O) groups is 1. The van der Waals surface area contributed by atoms with Gasteiger partial charge in [-0.2, -0.15) is 0 Å². The van der Waals surface area contributed by atoms with Crippen molar-refractivity contribution in [1.82, 2.24) is 0 Å². The predicted octanol–water partition coefficient (Wildman–Crippen LogP) is 3.45. The number of benzene rings is 1. The van der Waals surface area contributed by atoms with E-state index < -0.39 is 5.82 Å². The lowest BCUT2D eigenvalue weighted by atomic mass is 10.1. The molecule has 0 saturated heterocycles. The van der Waals surface area contributed by atoms with E-state index in [1.165, 1.54) is 18.2 Å². The van der Waals surface area contributed by atoms with Crippen LogP contribution in [0, 0.1) is 5.82 Å². The van der Waals surface area contributed by atoms with E-state index in [2.05, 4.69) is 15.9 Å². The van der Waals surface area contributed by atoms with Crippen LogP contribution in [-0.2, 0) is 0 Å². The first-order valence-electron chi connectivity index (χ1n) is 3.65. The second-order valence-corrected chi connectivity index (χ2v) is 4.39. The number of rotatable bonds is 2. The van der Waals surface area contributed by atoms with Gasteiger partial charge in [-0.05, 0) is 25.1 Å². The molecular formula is C9H7BrClFO. The van der Waals surface area contributed by atoms with Gasteiger partial charge in [0.1, 0.15) is 5.82 Å². The number of Topliss-reactive ketones (excluding diaryl/α,β-unsaturated/α-hetero) is 1. The predicted molar refractivity (Wildman–Crippen MR) is 54.1 cm³/mol. The van der Waals surface area contributed by atoms with Crippen molar-refractivity contribution in [3.8, 4) is 0 Å². The first-order chi connectivity index (χ1) is 6.02. The first-order valence-corrected chi connectivity index (χ1v) is 4.95. The van der Waals surface area contributed by atoms with Crippen molar-refractivity contribution in [2.45, 2.75) is 11.8 Å². The lowest BCUT2D eigenvalue weighted by molar-refractivity contribution is 0.0996. The highest BCUT2D eigenvalue weighted by Gasteiger charge is 2.13. The zero-order chi connectivity index (χ0) is 10.0. The molecule has 0 aliphatic rings. The average molecular weight is 266 g/mol. The van der Waals surface area contributed by atoms with Gasteiger partial charge in [-0.1, -0.05) is 27.5 Å². The lowest BCUT2D eigenvalue weighted by Crippen LogP contribution is -2.09. The Bertz CT molecular complexity index is 338. The fourth-order valence-electron chi connectivity index (χ4n) is 0.879. The molecule has 0 bridgehead atoms. The van der Waals surface area contributed by atoms with Gasteiger partial charge < -0.3 is 0 Å². The van der Waals surface area contributed by atoms with Crippen molar-refractivity contribution in [1.29, 1.82) is 0 Å². The molecule has 1 unspecified atom stereocenters. The normalized spacial score (nSPS) is 12.6. The molecule has 1 aromatic rings. The molecule has 0 N–H and O–H groups in total. The van der Waals surface area contributed by atoms with Gasteiger partial charge in [-0.15, -0.1) is 0 Å². The molecule has 1 nitrogen and oxygen atoms in total. The maximum absolute atomic E-state index is 12.7. The Balaban J connectivity index is 3.04. The third kappa shape index (κ3) is 2.51. The molecule has 0 aliphatic carbocycles. The Labute approximate surface area is 89.0 Å². The summed E-state index contributed by atoms with van der Waals surface area (Å²) in [6.07, 6.45) is 0. The molecule has 0 aliphatic heterocycles. The standard InChI is InChI=1S/C9H7BrClFO/c1-5(10)9(13)6-2-3-8(12)7(11)4-6/h2-5H,1H3. The maximum atomic E-state index is 12.7. The van der Waals surface area contributed by atoms with Gasteiger partial charge in [0, 0.05) is 5.56 Å². The average Bonchev–Trinajstić information content (AvgIpc) is 2.08. The Hall–Kier alpha value is -0.410. The third-order valence-corrected chi connectivity index (χ3v) is 2.27. The fourth-order valence-corrected chi connectivity index (χ4v) is 1.32. The van der Waals surface area contributed by atoms with Crippen molar-refractivity contribution in [2.75, 3.05) is 0 Å². The summed E-state index contributed by atoms with van der Waals surface area (Å²) in [4.78, 5) is 11.1. The van der Waals surface area contributed by atoms with Gasteiger partial charge in [0.15, 0.2) is 5.78 Å². The van der Waals surface area contributed by atoms with Gasteiger partial charge in [0.2, 0.25) is 0 Å². The lowest BCUT2D eigenvalue weighted by Gasteiger charge is -2.03. The second kappa shape index (κ2) is 4.20. The molecule has 0 fully saturated rings. The number of ketones is 1. The summed E-state index contributed by atoms with van der Waals surface area (Å²) < 4.78 is 12.7. The van der Waals surface area contributed by atoms with Gasteiger partial charge in [0.05, 0.1) is 9.85 Å². The minimum absolute atomic E-state index is 0.0287.